The zero-order valence-corrected chi connectivity index (χ0v) is 19.5. The molecule has 0 bridgehead atoms. The lowest BCUT2D eigenvalue weighted by Gasteiger charge is -2.32. The summed E-state index contributed by atoms with van der Waals surface area (Å²) in [6.07, 6.45) is 0.675. The monoisotopic (exact) mass is 456 g/mol. The number of rotatable bonds is 3. The fraction of sp³-hybridized carbons (Fsp3) is 0.440. The van der Waals surface area contributed by atoms with Gasteiger partial charge in [-0.3, -0.25) is 9.59 Å². The first-order chi connectivity index (χ1) is 15.2. The average molecular weight is 457 g/mol. The minimum Gasteiger partial charge on any atom is -0.416 e. The van der Waals surface area contributed by atoms with Gasteiger partial charge in [0, 0.05) is 12.1 Å². The minimum absolute atomic E-state index is 0.0126. The van der Waals surface area contributed by atoms with Crippen LogP contribution >= 0.6 is 11.6 Å². The Morgan fingerprint density at radius 3 is 2.47 bits per heavy atom. The Hall–Kier alpha value is -2.57. The Morgan fingerprint density at radius 1 is 1.06 bits per heavy atom. The van der Waals surface area contributed by atoms with Gasteiger partial charge in [0.15, 0.2) is 0 Å². The maximum Gasteiger partial charge on any atom is 0.309 e. The van der Waals surface area contributed by atoms with E-state index in [0.717, 1.165) is 16.8 Å². The Kier molecular flexibility index (Phi) is 6.19. The number of esters is 2. The van der Waals surface area contributed by atoms with E-state index in [4.69, 9.17) is 21.1 Å². The molecule has 170 valence electrons. The number of ether oxygens (including phenoxy) is 2. The molecule has 2 heterocycles. The third-order valence-electron chi connectivity index (χ3n) is 5.93. The number of anilines is 1. The van der Waals surface area contributed by atoms with Crippen molar-refractivity contribution in [3.8, 4) is 0 Å². The van der Waals surface area contributed by atoms with Gasteiger partial charge < -0.3 is 20.1 Å². The molecule has 0 unspecified atom stereocenters. The maximum absolute atomic E-state index is 12.3. The van der Waals surface area contributed by atoms with Crippen LogP contribution in [0.15, 0.2) is 36.4 Å². The molecule has 0 radical (unpaired) electrons. The molecule has 0 atom stereocenters. The molecular weight excluding hydrogens is 428 g/mol. The predicted octanol–water partition coefficient (Wildman–Crippen LogP) is 4.43. The maximum atomic E-state index is 12.3. The van der Waals surface area contributed by atoms with Crippen LogP contribution in [-0.4, -0.2) is 25.0 Å². The van der Waals surface area contributed by atoms with E-state index in [1.54, 1.807) is 12.1 Å². The second kappa shape index (κ2) is 8.75. The summed E-state index contributed by atoms with van der Waals surface area (Å²) in [4.78, 5) is 24.6. The van der Waals surface area contributed by atoms with Gasteiger partial charge in [-0.1, -0.05) is 56.6 Å². The van der Waals surface area contributed by atoms with Crippen molar-refractivity contribution >= 4 is 29.2 Å². The number of benzene rings is 2. The number of carbonyl (C=O) groups is 2. The van der Waals surface area contributed by atoms with E-state index in [9.17, 15) is 9.59 Å². The van der Waals surface area contributed by atoms with Crippen LogP contribution in [-0.2, 0) is 43.2 Å². The van der Waals surface area contributed by atoms with Crippen LogP contribution < -0.4 is 10.6 Å². The van der Waals surface area contributed by atoms with Crippen LogP contribution in [0, 0.1) is 0 Å². The highest BCUT2D eigenvalue weighted by Crippen LogP contribution is 2.40. The molecule has 7 heteroatoms. The van der Waals surface area contributed by atoms with Gasteiger partial charge in [-0.05, 0) is 47.2 Å². The number of hydrogen-bond donors (Lipinski definition) is 2. The third-order valence-corrected chi connectivity index (χ3v) is 6.25. The van der Waals surface area contributed by atoms with Crippen LogP contribution in [0.1, 0.15) is 55.9 Å². The first-order valence-electron chi connectivity index (χ1n) is 11.0. The number of halogens is 1. The fourth-order valence-electron chi connectivity index (χ4n) is 4.20. The molecule has 1 saturated heterocycles. The molecule has 2 aromatic carbocycles. The van der Waals surface area contributed by atoms with Gasteiger partial charge in [0.2, 0.25) is 0 Å². The summed E-state index contributed by atoms with van der Waals surface area (Å²) in [5.74, 6) is -2.38. The molecule has 1 fully saturated rings. The largest absolute Gasteiger partial charge is 0.416 e. The fourth-order valence-corrected chi connectivity index (χ4v) is 4.45. The molecule has 6 nitrogen and oxygen atoms in total. The van der Waals surface area contributed by atoms with Gasteiger partial charge in [-0.25, -0.2) is 0 Å². The van der Waals surface area contributed by atoms with E-state index >= 15 is 0 Å². The normalized spacial score (nSPS) is 18.2. The summed E-state index contributed by atoms with van der Waals surface area (Å²) in [5.41, 5.74) is 4.77. The zero-order chi connectivity index (χ0) is 22.9. The third kappa shape index (κ3) is 4.62. The average Bonchev–Trinajstić information content (AvgIpc) is 3.00. The molecule has 1 spiro atoms. The molecule has 0 aliphatic carbocycles. The number of hydrogen-bond acceptors (Lipinski definition) is 6. The standard InChI is InChI=1S/C25H29ClN2O4/c1-24(2,3)17-6-4-5-16(13-17)14-28-23-18-11-12-27-15-25(19(18)7-8-20(23)26)31-21(29)9-10-22(30)32-25/h4-8,13,27-28H,9-12,14-15H2,1-3H3. The number of nitrogens with one attached hydrogen (secondary N) is 2. The quantitative estimate of drug-likeness (QED) is 0.665. The van der Waals surface area contributed by atoms with Crippen LogP contribution in [0.5, 0.6) is 0 Å². The first-order valence-corrected chi connectivity index (χ1v) is 11.4. The number of fused-ring (bicyclic) bond motifs is 2. The molecule has 0 saturated carbocycles. The topological polar surface area (TPSA) is 76.7 Å². The highest BCUT2D eigenvalue weighted by Gasteiger charge is 2.46. The molecule has 2 aliphatic heterocycles. The van der Waals surface area contributed by atoms with E-state index in [0.29, 0.717) is 30.1 Å². The van der Waals surface area contributed by atoms with Crippen molar-refractivity contribution in [3.05, 3.63) is 63.7 Å². The predicted molar refractivity (Wildman–Crippen MR) is 124 cm³/mol. The van der Waals surface area contributed by atoms with E-state index in [-0.39, 0.29) is 24.8 Å². The lowest BCUT2D eigenvalue weighted by Crippen LogP contribution is -2.43. The Labute approximate surface area is 193 Å². The van der Waals surface area contributed by atoms with Crippen molar-refractivity contribution in [3.63, 3.8) is 0 Å². The van der Waals surface area contributed by atoms with Crippen LogP contribution in [0.25, 0.3) is 0 Å². The van der Waals surface area contributed by atoms with Crippen molar-refractivity contribution < 1.29 is 19.1 Å². The van der Waals surface area contributed by atoms with E-state index < -0.39 is 17.7 Å². The van der Waals surface area contributed by atoms with Crippen LogP contribution in [0.3, 0.4) is 0 Å². The zero-order valence-electron chi connectivity index (χ0n) is 18.7. The van der Waals surface area contributed by atoms with Gasteiger partial charge in [-0.15, -0.1) is 0 Å². The van der Waals surface area contributed by atoms with E-state index in [1.165, 1.54) is 5.56 Å². The van der Waals surface area contributed by atoms with Crippen molar-refractivity contribution in [2.24, 2.45) is 0 Å². The molecular formula is C25H29ClN2O4. The summed E-state index contributed by atoms with van der Waals surface area (Å²) in [6, 6.07) is 12.0. The van der Waals surface area contributed by atoms with Gasteiger partial charge in [0.25, 0.3) is 5.79 Å². The summed E-state index contributed by atoms with van der Waals surface area (Å²) in [5, 5.41) is 7.29. The molecule has 0 amide bonds. The summed E-state index contributed by atoms with van der Waals surface area (Å²) >= 11 is 6.60. The molecule has 2 N–H and O–H groups in total. The van der Waals surface area contributed by atoms with Crippen LogP contribution in [0.4, 0.5) is 5.69 Å². The van der Waals surface area contributed by atoms with Crippen molar-refractivity contribution in [2.45, 2.75) is 57.8 Å². The second-order valence-electron chi connectivity index (χ2n) is 9.38. The van der Waals surface area contributed by atoms with Crippen LogP contribution in [0.2, 0.25) is 5.02 Å². The Bertz CT molecular complexity index is 1030. The SMILES string of the molecule is CC(C)(C)c1cccc(CNc2c(Cl)ccc3c2CCNCC32OC(=O)CCC(=O)O2)c1. The highest BCUT2D eigenvalue weighted by atomic mass is 35.5. The summed E-state index contributed by atoms with van der Waals surface area (Å²) < 4.78 is 11.4. The Balaban J connectivity index is 1.69. The van der Waals surface area contributed by atoms with E-state index in [2.05, 4.69) is 55.7 Å². The van der Waals surface area contributed by atoms with Crippen molar-refractivity contribution in [1.82, 2.24) is 5.32 Å². The molecule has 32 heavy (non-hydrogen) atoms. The summed E-state index contributed by atoms with van der Waals surface area (Å²) in [7, 11) is 0. The lowest BCUT2D eigenvalue weighted by molar-refractivity contribution is -0.225. The Morgan fingerprint density at radius 2 is 1.78 bits per heavy atom. The molecule has 2 aromatic rings. The molecule has 2 aliphatic rings. The molecule has 4 rings (SSSR count). The second-order valence-corrected chi connectivity index (χ2v) is 9.79. The lowest BCUT2D eigenvalue weighted by atomic mass is 9.86. The van der Waals surface area contributed by atoms with Gasteiger partial charge >= 0.3 is 11.9 Å². The van der Waals surface area contributed by atoms with Gasteiger partial charge in [-0.2, -0.15) is 0 Å². The van der Waals surface area contributed by atoms with Gasteiger partial charge in [0.05, 0.1) is 30.1 Å². The smallest absolute Gasteiger partial charge is 0.309 e. The van der Waals surface area contributed by atoms with Crippen molar-refractivity contribution in [2.75, 3.05) is 18.4 Å². The minimum atomic E-state index is -1.48. The van der Waals surface area contributed by atoms with Crippen molar-refractivity contribution in [1.29, 1.82) is 0 Å². The van der Waals surface area contributed by atoms with E-state index in [1.807, 2.05) is 0 Å². The highest BCUT2D eigenvalue weighted by molar-refractivity contribution is 6.33. The molecule has 0 aromatic heterocycles. The number of carbonyl (C=O) groups excluding carboxylic acids is 2. The summed E-state index contributed by atoms with van der Waals surface area (Å²) in [6.45, 7) is 7.99. The first kappa shape index (κ1) is 22.6. The van der Waals surface area contributed by atoms with Gasteiger partial charge in [0.1, 0.15) is 0 Å².